The van der Waals surface area contributed by atoms with Crippen LogP contribution in [0.15, 0.2) is 56.9 Å². The van der Waals surface area contributed by atoms with E-state index in [2.05, 4.69) is 10.6 Å². The lowest BCUT2D eigenvalue weighted by Crippen LogP contribution is -2.81. The van der Waals surface area contributed by atoms with Crippen LogP contribution >= 0.6 is 11.8 Å². The number of hydrogen-bond acceptors (Lipinski definition) is 14. The largest absolute Gasteiger partial charge is 0.504 e. The van der Waals surface area contributed by atoms with Gasteiger partial charge in [0.05, 0.1) is 5.39 Å². The summed E-state index contributed by atoms with van der Waals surface area (Å²) in [6.45, 7) is 1.10. The predicted molar refractivity (Wildman–Crippen MR) is 173 cm³/mol. The molecule has 3 amide bonds. The maximum absolute atomic E-state index is 14.2. The van der Waals surface area contributed by atoms with E-state index in [1.165, 1.54) is 31.2 Å². The second-order valence-electron chi connectivity index (χ2n) is 11.1. The average molecular weight is 728 g/mol. The molecule has 18 nitrogen and oxygen atoms in total. The van der Waals surface area contributed by atoms with Gasteiger partial charge in [-0.05, 0) is 25.1 Å². The van der Waals surface area contributed by atoms with Crippen molar-refractivity contribution in [2.45, 2.75) is 31.0 Å². The van der Waals surface area contributed by atoms with Crippen LogP contribution in [0.1, 0.15) is 34.6 Å². The number of fused-ring (bicyclic) bond motifs is 2. The van der Waals surface area contributed by atoms with Crippen molar-refractivity contribution in [1.82, 2.24) is 15.5 Å². The molecule has 2 aliphatic rings. The van der Waals surface area contributed by atoms with Gasteiger partial charge in [0.15, 0.2) is 17.9 Å². The first-order chi connectivity index (χ1) is 24.1. The number of phenolic OH excluding ortho intramolecular Hbond substituents is 2. The van der Waals surface area contributed by atoms with Crippen molar-refractivity contribution in [1.29, 1.82) is 0 Å². The molecule has 5 rings (SSSR count). The van der Waals surface area contributed by atoms with E-state index in [1.807, 2.05) is 0 Å². The van der Waals surface area contributed by atoms with Crippen molar-refractivity contribution < 1.29 is 67.8 Å². The minimum atomic E-state index is -2.19. The van der Waals surface area contributed by atoms with Gasteiger partial charge in [-0.3, -0.25) is 28.9 Å². The van der Waals surface area contributed by atoms with Crippen molar-refractivity contribution in [3.8, 4) is 17.2 Å². The van der Waals surface area contributed by atoms with Gasteiger partial charge in [-0.2, -0.15) is 0 Å². The Morgan fingerprint density at radius 3 is 2.45 bits per heavy atom. The quantitative estimate of drug-likeness (QED) is 0.0649. The normalized spacial score (nSPS) is 18.7. The van der Waals surface area contributed by atoms with Gasteiger partial charge in [0.2, 0.25) is 17.1 Å². The maximum atomic E-state index is 14.2. The van der Waals surface area contributed by atoms with Gasteiger partial charge in [0.1, 0.15) is 40.8 Å². The Hall–Kier alpha value is -6.08. The molecule has 2 aliphatic heterocycles. The third kappa shape index (κ3) is 6.51. The number of thioether (sulfide) groups is 1. The van der Waals surface area contributed by atoms with Gasteiger partial charge in [0, 0.05) is 30.9 Å². The third-order valence-electron chi connectivity index (χ3n) is 7.93. The Kier molecular flexibility index (Phi) is 9.97. The Morgan fingerprint density at radius 2 is 1.80 bits per heavy atom. The van der Waals surface area contributed by atoms with Crippen molar-refractivity contribution in [2.75, 3.05) is 26.1 Å². The number of carboxylic acid groups (broad SMARTS) is 2. The number of ether oxygens (including phenoxy) is 3. The number of phenols is 2. The number of aromatic hydroxyl groups is 2. The lowest BCUT2D eigenvalue weighted by molar-refractivity contribution is -0.193. The predicted octanol–water partition coefficient (Wildman–Crippen LogP) is 0.723. The van der Waals surface area contributed by atoms with E-state index >= 15 is 0 Å². The molecule has 0 radical (unpaired) electrons. The highest BCUT2D eigenvalue weighted by atomic mass is 32.2. The summed E-state index contributed by atoms with van der Waals surface area (Å²) in [5.74, 6) is -8.71. The summed E-state index contributed by atoms with van der Waals surface area (Å²) in [7, 11) is 1.09. The molecule has 1 unspecified atom stereocenters. The Labute approximate surface area is 290 Å². The zero-order valence-electron chi connectivity index (χ0n) is 26.9. The van der Waals surface area contributed by atoms with Crippen molar-refractivity contribution in [3.05, 3.63) is 74.8 Å². The highest BCUT2D eigenvalue weighted by molar-refractivity contribution is 8.00. The first-order valence-electron chi connectivity index (χ1n) is 14.8. The van der Waals surface area contributed by atoms with Gasteiger partial charge in [-0.15, -0.1) is 11.8 Å². The molecule has 0 spiro atoms. The number of aryl methyl sites for hydroxylation is 1. The number of nitrogens with zero attached hydrogens (tertiary/aromatic N) is 1. The summed E-state index contributed by atoms with van der Waals surface area (Å²) in [5, 5.41) is 42.6. The molecular weight excluding hydrogens is 698 g/mol. The van der Waals surface area contributed by atoms with Gasteiger partial charge < -0.3 is 49.7 Å². The highest BCUT2D eigenvalue weighted by Crippen LogP contribution is 2.47. The van der Waals surface area contributed by atoms with Crippen LogP contribution in [0.5, 0.6) is 17.2 Å². The molecule has 0 bridgehead atoms. The minimum Gasteiger partial charge on any atom is -0.504 e. The number of para-hydroxylation sites is 1. The average Bonchev–Trinajstić information content (AvgIpc) is 3.08. The maximum Gasteiger partial charge on any atom is 0.352 e. The van der Waals surface area contributed by atoms with Crippen LogP contribution in [0.25, 0.3) is 11.0 Å². The summed E-state index contributed by atoms with van der Waals surface area (Å²) in [5.41, 5.74) is -4.59. The smallest absolute Gasteiger partial charge is 0.352 e. The molecule has 1 saturated heterocycles. The lowest BCUT2D eigenvalue weighted by Gasteiger charge is -2.56. The Morgan fingerprint density at radius 1 is 1.10 bits per heavy atom. The van der Waals surface area contributed by atoms with Crippen LogP contribution in [-0.2, 0) is 33.4 Å². The molecule has 2 aromatic carbocycles. The van der Waals surface area contributed by atoms with Gasteiger partial charge in [0.25, 0.3) is 17.5 Å². The monoisotopic (exact) mass is 727 g/mol. The van der Waals surface area contributed by atoms with E-state index in [-0.39, 0.29) is 33.8 Å². The van der Waals surface area contributed by atoms with Crippen LogP contribution in [0, 0.1) is 6.92 Å². The fourth-order valence-corrected chi connectivity index (χ4v) is 7.00. The third-order valence-corrected chi connectivity index (χ3v) is 9.30. The number of carboxylic acids is 2. The molecule has 1 aromatic heterocycles. The number of carbonyl (C=O) groups excluding carboxylic acids is 4. The van der Waals surface area contributed by atoms with Crippen molar-refractivity contribution >= 4 is 58.4 Å². The topological polar surface area (TPSA) is 269 Å². The number of carbonyl (C=O) groups is 6. The molecule has 51 heavy (non-hydrogen) atoms. The number of amides is 3. The van der Waals surface area contributed by atoms with Gasteiger partial charge >= 0.3 is 17.9 Å². The molecule has 3 aromatic rings. The molecule has 1 fully saturated rings. The van der Waals surface area contributed by atoms with Gasteiger partial charge in [-0.1, -0.05) is 18.2 Å². The van der Waals surface area contributed by atoms with E-state index in [9.17, 15) is 54.0 Å². The Balaban J connectivity index is 1.54. The molecule has 268 valence electrons. The molecule has 6 N–H and O–H groups in total. The number of nitrogens with one attached hydrogen (secondary N) is 2. The van der Waals surface area contributed by atoms with Crippen LogP contribution in [-0.4, -0.2) is 98.1 Å². The zero-order valence-corrected chi connectivity index (χ0v) is 27.7. The number of benzene rings is 2. The summed E-state index contributed by atoms with van der Waals surface area (Å²) >= 11 is 0.995. The number of hydrogen-bond donors (Lipinski definition) is 6. The molecule has 19 heteroatoms. The standard InChI is InChI=1S/C32H29N3O15S/c1-13-21(24(40)17-8-9-18(37)25(41)26(17)50-13)27(42)33-22(16-6-4-5-7-19(16)49-11-20(38)39)28(43)34-32(47-3)30(46)35-23(29(44)45)15(10-48-14(2)36)12-51-31(32)35/h4-9,22,31,37,41H,10-12H2,1-3H3,(H,33,42)(H,34,43)(H,38,39)(H,44,45)/t22?,31-,32+/m1/s1. The zero-order chi connectivity index (χ0) is 37.4. The van der Waals surface area contributed by atoms with Crippen LogP contribution in [0.4, 0.5) is 0 Å². The van der Waals surface area contributed by atoms with E-state index in [0.29, 0.717) is 0 Å². The van der Waals surface area contributed by atoms with Crippen LogP contribution in [0.3, 0.4) is 0 Å². The second kappa shape index (κ2) is 14.0. The van der Waals surface area contributed by atoms with Crippen LogP contribution in [0.2, 0.25) is 0 Å². The first kappa shape index (κ1) is 36.2. The lowest BCUT2D eigenvalue weighted by atomic mass is 9.96. The molecule has 3 heterocycles. The minimum absolute atomic E-state index is 0.0410. The highest BCUT2D eigenvalue weighted by Gasteiger charge is 2.67. The van der Waals surface area contributed by atoms with E-state index in [0.717, 1.165) is 42.8 Å². The number of β-lactam (4-membered cyclic amide) rings is 1. The summed E-state index contributed by atoms with van der Waals surface area (Å²) in [6, 6.07) is 5.82. The molecule has 0 aliphatic carbocycles. The first-order valence-corrected chi connectivity index (χ1v) is 15.8. The summed E-state index contributed by atoms with van der Waals surface area (Å²) < 4.78 is 21.3. The van der Waals surface area contributed by atoms with E-state index in [1.54, 1.807) is 0 Å². The fraction of sp³-hybridized carbons (Fsp3) is 0.281. The molecule has 0 saturated carbocycles. The SMILES string of the molecule is CO[C@@]1(NC(=O)C(NC(=O)c2c(C)oc3c(O)c(O)ccc3c2=O)c2ccccc2OCC(=O)O)C(=O)N2C(C(=O)O)=C(COC(C)=O)CS[C@@H]21. The van der Waals surface area contributed by atoms with Crippen molar-refractivity contribution in [2.24, 2.45) is 0 Å². The Bertz CT molecular complexity index is 2090. The molecule has 3 atom stereocenters. The number of aliphatic carboxylic acids is 2. The van der Waals surface area contributed by atoms with Gasteiger partial charge in [-0.25, -0.2) is 9.59 Å². The van der Waals surface area contributed by atoms with E-state index < -0.39 is 99.8 Å². The summed E-state index contributed by atoms with van der Waals surface area (Å²) in [4.78, 5) is 90.9. The van der Waals surface area contributed by atoms with Crippen molar-refractivity contribution in [3.63, 3.8) is 0 Å². The van der Waals surface area contributed by atoms with E-state index in [4.69, 9.17) is 18.6 Å². The number of rotatable bonds is 12. The fourth-order valence-electron chi connectivity index (χ4n) is 5.58. The summed E-state index contributed by atoms with van der Waals surface area (Å²) in [6.07, 6.45) is 0. The van der Waals surface area contributed by atoms with Crippen LogP contribution < -0.4 is 20.8 Å². The number of esters is 1. The second-order valence-corrected chi connectivity index (χ2v) is 12.2. The molecular formula is C32H29N3O15S. The number of methoxy groups -OCH3 is 1.